The van der Waals surface area contributed by atoms with Gasteiger partial charge in [0.2, 0.25) is 0 Å². The van der Waals surface area contributed by atoms with Gasteiger partial charge in [-0.2, -0.15) is 10.4 Å². The van der Waals surface area contributed by atoms with E-state index in [2.05, 4.69) is 16.3 Å². The molecule has 0 atom stereocenters. The number of para-hydroxylation sites is 1. The number of hydrogen-bond donors (Lipinski definition) is 1. The number of aryl methyl sites for hydroxylation is 1. The SMILES string of the molecule is N#CCCc1cccc2cn[nH]c12. The summed E-state index contributed by atoms with van der Waals surface area (Å²) >= 11 is 0. The molecule has 0 radical (unpaired) electrons. The summed E-state index contributed by atoms with van der Waals surface area (Å²) in [5, 5.41) is 16.5. The molecule has 3 nitrogen and oxygen atoms in total. The lowest BCUT2D eigenvalue weighted by atomic mass is 10.1. The quantitative estimate of drug-likeness (QED) is 0.751. The molecule has 2 aromatic rings. The van der Waals surface area contributed by atoms with Crippen molar-refractivity contribution in [2.75, 3.05) is 0 Å². The topological polar surface area (TPSA) is 52.5 Å². The number of fused-ring (bicyclic) bond motifs is 1. The van der Waals surface area contributed by atoms with Crippen LogP contribution in [-0.2, 0) is 6.42 Å². The van der Waals surface area contributed by atoms with Crippen molar-refractivity contribution in [1.82, 2.24) is 10.2 Å². The van der Waals surface area contributed by atoms with Crippen LogP contribution in [0.1, 0.15) is 12.0 Å². The van der Waals surface area contributed by atoms with Crippen LogP contribution in [0.4, 0.5) is 0 Å². The predicted molar refractivity (Wildman–Crippen MR) is 50.0 cm³/mol. The first kappa shape index (κ1) is 7.81. The zero-order valence-electron chi connectivity index (χ0n) is 7.12. The summed E-state index contributed by atoms with van der Waals surface area (Å²) in [5.41, 5.74) is 2.22. The molecule has 0 unspecified atom stereocenters. The number of benzene rings is 1. The number of aromatic nitrogens is 2. The highest BCUT2D eigenvalue weighted by atomic mass is 15.1. The van der Waals surface area contributed by atoms with Gasteiger partial charge in [0.25, 0.3) is 0 Å². The molecule has 0 aliphatic heterocycles. The highest BCUT2D eigenvalue weighted by molar-refractivity contribution is 5.81. The average Bonchev–Trinajstić information content (AvgIpc) is 2.62. The van der Waals surface area contributed by atoms with Crippen LogP contribution in [0.25, 0.3) is 10.9 Å². The van der Waals surface area contributed by atoms with Crippen LogP contribution in [0.2, 0.25) is 0 Å². The molecule has 0 bridgehead atoms. The van der Waals surface area contributed by atoms with Crippen molar-refractivity contribution in [1.29, 1.82) is 5.26 Å². The van der Waals surface area contributed by atoms with Crippen molar-refractivity contribution in [3.63, 3.8) is 0 Å². The Morgan fingerprint density at radius 2 is 2.38 bits per heavy atom. The maximum atomic E-state index is 8.47. The third-order valence-electron chi connectivity index (χ3n) is 2.07. The van der Waals surface area contributed by atoms with Gasteiger partial charge in [-0.25, -0.2) is 0 Å². The molecule has 1 aromatic carbocycles. The van der Waals surface area contributed by atoms with Gasteiger partial charge in [-0.15, -0.1) is 0 Å². The molecule has 64 valence electrons. The van der Waals surface area contributed by atoms with Crippen LogP contribution in [0.3, 0.4) is 0 Å². The van der Waals surface area contributed by atoms with E-state index in [-0.39, 0.29) is 0 Å². The molecule has 1 heterocycles. The molecule has 0 saturated carbocycles. The van der Waals surface area contributed by atoms with Gasteiger partial charge in [-0.05, 0) is 12.0 Å². The molecule has 0 spiro atoms. The van der Waals surface area contributed by atoms with Crippen LogP contribution in [-0.4, -0.2) is 10.2 Å². The van der Waals surface area contributed by atoms with E-state index in [9.17, 15) is 0 Å². The van der Waals surface area contributed by atoms with E-state index in [0.717, 1.165) is 22.9 Å². The Balaban J connectivity index is 2.44. The Hall–Kier alpha value is -1.82. The molecule has 13 heavy (non-hydrogen) atoms. The minimum Gasteiger partial charge on any atom is -0.278 e. The van der Waals surface area contributed by atoms with Gasteiger partial charge in [0, 0.05) is 11.8 Å². The van der Waals surface area contributed by atoms with Gasteiger partial charge in [0.1, 0.15) is 0 Å². The van der Waals surface area contributed by atoms with E-state index in [1.54, 1.807) is 6.20 Å². The van der Waals surface area contributed by atoms with Crippen molar-refractivity contribution < 1.29 is 0 Å². The standard InChI is InChI=1S/C10H9N3/c11-6-2-5-8-3-1-4-9-7-12-13-10(8)9/h1,3-4,7H,2,5H2,(H,12,13). The minimum atomic E-state index is 0.554. The minimum absolute atomic E-state index is 0.554. The number of nitrogens with zero attached hydrogens (tertiary/aromatic N) is 2. The Kier molecular flexibility index (Phi) is 1.97. The van der Waals surface area contributed by atoms with Crippen LogP contribution in [0.15, 0.2) is 24.4 Å². The zero-order chi connectivity index (χ0) is 9.10. The summed E-state index contributed by atoms with van der Waals surface area (Å²) in [5.74, 6) is 0. The van der Waals surface area contributed by atoms with Gasteiger partial charge >= 0.3 is 0 Å². The van der Waals surface area contributed by atoms with E-state index < -0.39 is 0 Å². The molecule has 0 fully saturated rings. The number of rotatable bonds is 2. The van der Waals surface area contributed by atoms with E-state index >= 15 is 0 Å². The molecule has 3 heteroatoms. The molecule has 0 aliphatic carbocycles. The summed E-state index contributed by atoms with van der Waals surface area (Å²) in [4.78, 5) is 0. The first-order valence-electron chi connectivity index (χ1n) is 4.20. The Morgan fingerprint density at radius 3 is 3.23 bits per heavy atom. The van der Waals surface area contributed by atoms with Gasteiger partial charge in [-0.3, -0.25) is 5.10 Å². The molecule has 0 amide bonds. The van der Waals surface area contributed by atoms with Crippen LogP contribution in [0, 0.1) is 11.3 Å². The fraction of sp³-hybridized carbons (Fsp3) is 0.200. The Labute approximate surface area is 76.0 Å². The van der Waals surface area contributed by atoms with Gasteiger partial charge in [0.05, 0.1) is 17.8 Å². The Morgan fingerprint density at radius 1 is 1.46 bits per heavy atom. The van der Waals surface area contributed by atoms with Crippen molar-refractivity contribution in [3.05, 3.63) is 30.0 Å². The number of nitriles is 1. The largest absolute Gasteiger partial charge is 0.278 e. The normalized spacial score (nSPS) is 10.1. The van der Waals surface area contributed by atoms with E-state index in [0.29, 0.717) is 6.42 Å². The fourth-order valence-electron chi connectivity index (χ4n) is 1.43. The average molecular weight is 171 g/mol. The van der Waals surface area contributed by atoms with E-state index in [4.69, 9.17) is 5.26 Å². The molecular weight excluding hydrogens is 162 g/mol. The number of H-pyrrole nitrogens is 1. The zero-order valence-corrected chi connectivity index (χ0v) is 7.12. The van der Waals surface area contributed by atoms with Crippen molar-refractivity contribution in [2.24, 2.45) is 0 Å². The van der Waals surface area contributed by atoms with Gasteiger partial charge in [0.15, 0.2) is 0 Å². The monoisotopic (exact) mass is 171 g/mol. The van der Waals surface area contributed by atoms with Crippen molar-refractivity contribution in [3.8, 4) is 6.07 Å². The fourth-order valence-corrected chi connectivity index (χ4v) is 1.43. The molecule has 0 aliphatic rings. The number of hydrogen-bond acceptors (Lipinski definition) is 2. The van der Waals surface area contributed by atoms with Crippen LogP contribution in [0.5, 0.6) is 0 Å². The third kappa shape index (κ3) is 1.38. The highest BCUT2D eigenvalue weighted by Crippen LogP contribution is 2.16. The molecule has 2 rings (SSSR count). The van der Waals surface area contributed by atoms with Crippen molar-refractivity contribution >= 4 is 10.9 Å². The number of aromatic amines is 1. The second-order valence-electron chi connectivity index (χ2n) is 2.91. The first-order chi connectivity index (χ1) is 6.42. The first-order valence-corrected chi connectivity index (χ1v) is 4.20. The van der Waals surface area contributed by atoms with Crippen LogP contribution >= 0.6 is 0 Å². The molecule has 1 N–H and O–H groups in total. The summed E-state index contributed by atoms with van der Waals surface area (Å²) in [7, 11) is 0. The number of nitrogens with one attached hydrogen (secondary N) is 1. The van der Waals surface area contributed by atoms with Gasteiger partial charge < -0.3 is 0 Å². The third-order valence-corrected chi connectivity index (χ3v) is 2.07. The second kappa shape index (κ2) is 3.28. The summed E-state index contributed by atoms with van der Waals surface area (Å²) in [6.07, 6.45) is 3.14. The smallest absolute Gasteiger partial charge is 0.0682 e. The molecular formula is C10H9N3. The maximum absolute atomic E-state index is 8.47. The lowest BCUT2D eigenvalue weighted by Crippen LogP contribution is -1.85. The summed E-state index contributed by atoms with van der Waals surface area (Å²) in [6, 6.07) is 8.16. The lowest BCUT2D eigenvalue weighted by Gasteiger charge is -1.97. The molecule has 0 saturated heterocycles. The maximum Gasteiger partial charge on any atom is 0.0682 e. The van der Waals surface area contributed by atoms with E-state index in [1.165, 1.54) is 0 Å². The highest BCUT2D eigenvalue weighted by Gasteiger charge is 2.00. The molecule has 1 aromatic heterocycles. The van der Waals surface area contributed by atoms with Crippen molar-refractivity contribution in [2.45, 2.75) is 12.8 Å². The second-order valence-corrected chi connectivity index (χ2v) is 2.91. The Bertz CT molecular complexity index is 450. The van der Waals surface area contributed by atoms with Gasteiger partial charge in [-0.1, -0.05) is 18.2 Å². The van der Waals surface area contributed by atoms with Crippen LogP contribution < -0.4 is 0 Å². The summed E-state index contributed by atoms with van der Waals surface area (Å²) < 4.78 is 0. The lowest BCUT2D eigenvalue weighted by molar-refractivity contribution is 1.01. The van der Waals surface area contributed by atoms with E-state index in [1.807, 2.05) is 18.2 Å². The predicted octanol–water partition coefficient (Wildman–Crippen LogP) is 2.02. The summed E-state index contributed by atoms with van der Waals surface area (Å²) in [6.45, 7) is 0.